The molecule has 0 aliphatic carbocycles. The minimum absolute atomic E-state index is 0.271. The minimum atomic E-state index is -0.271. The lowest BCUT2D eigenvalue weighted by Gasteiger charge is -2.13. The largest absolute Gasteiger partial charge is 0.361 e. The summed E-state index contributed by atoms with van der Waals surface area (Å²) in [6, 6.07) is 15.4. The van der Waals surface area contributed by atoms with Gasteiger partial charge in [0.1, 0.15) is 16.7 Å². The Kier molecular flexibility index (Phi) is 5.33. The number of H-pyrrole nitrogens is 1. The third-order valence-corrected chi connectivity index (χ3v) is 6.82. The smallest absolute Gasteiger partial charge is 0.131 e. The number of anilines is 2. The lowest BCUT2D eigenvalue weighted by atomic mass is 10.1. The van der Waals surface area contributed by atoms with Crippen molar-refractivity contribution in [3.8, 4) is 16.5 Å². The van der Waals surface area contributed by atoms with Crippen molar-refractivity contribution in [3.05, 3.63) is 77.4 Å². The van der Waals surface area contributed by atoms with Gasteiger partial charge in [0.15, 0.2) is 0 Å². The van der Waals surface area contributed by atoms with E-state index in [1.54, 1.807) is 6.20 Å². The molecule has 2 aromatic carbocycles. The van der Waals surface area contributed by atoms with Crippen molar-refractivity contribution >= 4 is 43.8 Å². The SMILES string of the molecule is Cc1c(Nc2c(C#N)cnc3sc(-c4cc(CN(C)C)ccc4F)cc23)ccc2[nH]ccc12. The van der Waals surface area contributed by atoms with Gasteiger partial charge in [0.25, 0.3) is 0 Å². The molecule has 0 aliphatic heterocycles. The van der Waals surface area contributed by atoms with E-state index in [2.05, 4.69) is 21.4 Å². The molecule has 0 atom stereocenters. The lowest BCUT2D eigenvalue weighted by Crippen LogP contribution is -2.10. The molecule has 5 nitrogen and oxygen atoms in total. The highest BCUT2D eigenvalue weighted by Gasteiger charge is 2.17. The molecule has 5 aromatic rings. The quantitative estimate of drug-likeness (QED) is 0.315. The van der Waals surface area contributed by atoms with Crippen LogP contribution in [-0.4, -0.2) is 29.0 Å². The summed E-state index contributed by atoms with van der Waals surface area (Å²) in [4.78, 5) is 11.3. The van der Waals surface area contributed by atoms with E-state index >= 15 is 0 Å². The van der Waals surface area contributed by atoms with Crippen molar-refractivity contribution in [2.75, 3.05) is 19.4 Å². The highest BCUT2D eigenvalue weighted by molar-refractivity contribution is 7.22. The number of fused-ring (bicyclic) bond motifs is 2. The van der Waals surface area contributed by atoms with Crippen molar-refractivity contribution in [1.29, 1.82) is 5.26 Å². The third-order valence-electron chi connectivity index (χ3n) is 5.74. The van der Waals surface area contributed by atoms with Crippen LogP contribution in [0.15, 0.2) is 54.9 Å². The fourth-order valence-corrected chi connectivity index (χ4v) is 5.15. The number of hydrogen-bond acceptors (Lipinski definition) is 5. The molecule has 3 heterocycles. The highest BCUT2D eigenvalue weighted by atomic mass is 32.1. The van der Waals surface area contributed by atoms with Crippen molar-refractivity contribution in [2.45, 2.75) is 13.5 Å². The summed E-state index contributed by atoms with van der Waals surface area (Å²) in [5.41, 5.74) is 5.78. The van der Waals surface area contributed by atoms with Gasteiger partial charge in [0, 0.05) is 51.4 Å². The number of thiophene rings is 1. The molecule has 0 bridgehead atoms. The Bertz CT molecular complexity index is 1540. The Morgan fingerprint density at radius 3 is 2.79 bits per heavy atom. The van der Waals surface area contributed by atoms with Crippen LogP contribution in [0.5, 0.6) is 0 Å². The second-order valence-electron chi connectivity index (χ2n) is 8.34. The first-order chi connectivity index (χ1) is 15.9. The number of nitriles is 1. The predicted molar refractivity (Wildman–Crippen MR) is 133 cm³/mol. The number of halogens is 1. The molecular formula is C26H22FN5S. The van der Waals surface area contributed by atoms with Crippen LogP contribution < -0.4 is 5.32 Å². The molecular weight excluding hydrogens is 433 g/mol. The number of benzene rings is 2. The fourth-order valence-electron chi connectivity index (χ4n) is 4.12. The maximum Gasteiger partial charge on any atom is 0.131 e. The number of rotatable bonds is 5. The zero-order valence-electron chi connectivity index (χ0n) is 18.5. The first-order valence-electron chi connectivity index (χ1n) is 10.5. The number of pyridine rings is 1. The molecule has 0 unspecified atom stereocenters. The molecule has 7 heteroatoms. The second-order valence-corrected chi connectivity index (χ2v) is 9.37. The summed E-state index contributed by atoms with van der Waals surface area (Å²) >= 11 is 1.43. The minimum Gasteiger partial charge on any atom is -0.361 e. The van der Waals surface area contributed by atoms with Crippen LogP contribution in [0.3, 0.4) is 0 Å². The first-order valence-corrected chi connectivity index (χ1v) is 11.4. The van der Waals surface area contributed by atoms with Crippen LogP contribution >= 0.6 is 11.3 Å². The second kappa shape index (κ2) is 8.32. The molecule has 0 radical (unpaired) electrons. The van der Waals surface area contributed by atoms with Gasteiger partial charge in [-0.3, -0.25) is 0 Å². The molecule has 33 heavy (non-hydrogen) atoms. The summed E-state index contributed by atoms with van der Waals surface area (Å²) < 4.78 is 14.8. The summed E-state index contributed by atoms with van der Waals surface area (Å²) in [5, 5.41) is 15.1. The fraction of sp³-hybridized carbons (Fsp3) is 0.154. The average Bonchev–Trinajstić information content (AvgIpc) is 3.44. The van der Waals surface area contributed by atoms with Gasteiger partial charge < -0.3 is 15.2 Å². The summed E-state index contributed by atoms with van der Waals surface area (Å²) in [7, 11) is 3.97. The van der Waals surface area contributed by atoms with Gasteiger partial charge in [-0.1, -0.05) is 6.07 Å². The van der Waals surface area contributed by atoms with E-state index < -0.39 is 0 Å². The summed E-state index contributed by atoms with van der Waals surface area (Å²) in [5.74, 6) is -0.271. The van der Waals surface area contributed by atoms with Crippen LogP contribution in [0, 0.1) is 24.1 Å². The molecule has 0 spiro atoms. The Morgan fingerprint density at radius 1 is 1.15 bits per heavy atom. The van der Waals surface area contributed by atoms with Gasteiger partial charge in [0.2, 0.25) is 0 Å². The zero-order valence-corrected chi connectivity index (χ0v) is 19.3. The topological polar surface area (TPSA) is 67.7 Å². The zero-order chi connectivity index (χ0) is 23.1. The van der Waals surface area contributed by atoms with Gasteiger partial charge in [-0.25, -0.2) is 9.37 Å². The number of aromatic amines is 1. The van der Waals surface area contributed by atoms with E-state index in [1.165, 1.54) is 17.4 Å². The van der Waals surface area contributed by atoms with E-state index in [4.69, 9.17) is 0 Å². The van der Waals surface area contributed by atoms with E-state index in [-0.39, 0.29) is 5.82 Å². The normalized spacial score (nSPS) is 11.4. The van der Waals surface area contributed by atoms with Gasteiger partial charge in [-0.15, -0.1) is 11.3 Å². The molecule has 3 aromatic heterocycles. The van der Waals surface area contributed by atoms with Crippen LogP contribution in [-0.2, 0) is 6.54 Å². The van der Waals surface area contributed by atoms with Crippen molar-refractivity contribution in [1.82, 2.24) is 14.9 Å². The van der Waals surface area contributed by atoms with E-state index in [0.29, 0.717) is 16.8 Å². The van der Waals surface area contributed by atoms with Crippen molar-refractivity contribution in [2.24, 2.45) is 0 Å². The van der Waals surface area contributed by atoms with Crippen LogP contribution in [0.4, 0.5) is 15.8 Å². The maximum absolute atomic E-state index is 14.8. The molecule has 0 aliphatic rings. The average molecular weight is 456 g/mol. The lowest BCUT2D eigenvalue weighted by molar-refractivity contribution is 0.402. The highest BCUT2D eigenvalue weighted by Crippen LogP contribution is 2.40. The summed E-state index contributed by atoms with van der Waals surface area (Å²) in [6.45, 7) is 2.77. The van der Waals surface area contributed by atoms with Gasteiger partial charge in [-0.2, -0.15) is 5.26 Å². The number of nitrogens with one attached hydrogen (secondary N) is 2. The number of aromatic nitrogens is 2. The van der Waals surface area contributed by atoms with Gasteiger partial charge >= 0.3 is 0 Å². The monoisotopic (exact) mass is 455 g/mol. The number of nitrogens with zero attached hydrogens (tertiary/aromatic N) is 3. The van der Waals surface area contributed by atoms with Gasteiger partial charge in [-0.05, 0) is 68.5 Å². The number of aryl methyl sites for hydroxylation is 1. The first kappa shape index (κ1) is 21.1. The molecule has 5 rings (SSSR count). The molecule has 0 saturated carbocycles. The van der Waals surface area contributed by atoms with Crippen molar-refractivity contribution in [3.63, 3.8) is 0 Å². The summed E-state index contributed by atoms with van der Waals surface area (Å²) in [6.07, 6.45) is 3.49. The van der Waals surface area contributed by atoms with Gasteiger partial charge in [0.05, 0.1) is 11.3 Å². The third kappa shape index (κ3) is 3.84. The van der Waals surface area contributed by atoms with Crippen LogP contribution in [0.2, 0.25) is 0 Å². The standard InChI is InChI=1S/C26H22FN5S/c1-15-18-8-9-29-23(18)7-6-22(15)31-25-17(12-28)13-30-26-20(25)11-24(33-26)19-10-16(14-32(2)3)4-5-21(19)27/h4-11,13,29H,14H2,1-3H3,(H,30,31). The van der Waals surface area contributed by atoms with E-state index in [1.807, 2.05) is 68.5 Å². The Morgan fingerprint density at radius 2 is 2.00 bits per heavy atom. The van der Waals surface area contributed by atoms with E-state index in [0.717, 1.165) is 49.4 Å². The molecule has 0 saturated heterocycles. The van der Waals surface area contributed by atoms with Crippen LogP contribution in [0.25, 0.3) is 31.6 Å². The van der Waals surface area contributed by atoms with Crippen LogP contribution in [0.1, 0.15) is 16.7 Å². The van der Waals surface area contributed by atoms with E-state index in [9.17, 15) is 9.65 Å². The predicted octanol–water partition coefficient (Wildman–Crippen LogP) is 6.57. The Hall–Kier alpha value is -3.73. The molecule has 164 valence electrons. The number of hydrogen-bond donors (Lipinski definition) is 2. The molecule has 0 fully saturated rings. The molecule has 2 N–H and O–H groups in total. The van der Waals surface area contributed by atoms with Crippen molar-refractivity contribution < 1.29 is 4.39 Å². The maximum atomic E-state index is 14.8. The Labute approximate surface area is 195 Å². The Balaban J connectivity index is 1.63. The molecule has 0 amide bonds.